The minimum atomic E-state index is -0.452. The van der Waals surface area contributed by atoms with Gasteiger partial charge in [0.05, 0.1) is 18.4 Å². The van der Waals surface area contributed by atoms with Crippen molar-refractivity contribution in [2.75, 3.05) is 7.05 Å². The van der Waals surface area contributed by atoms with Gasteiger partial charge in [-0.3, -0.25) is 9.59 Å². The predicted octanol–water partition coefficient (Wildman–Crippen LogP) is 5.57. The van der Waals surface area contributed by atoms with E-state index in [-0.39, 0.29) is 5.91 Å². The third kappa shape index (κ3) is 7.83. The van der Waals surface area contributed by atoms with Crippen molar-refractivity contribution in [2.24, 2.45) is 0 Å². The van der Waals surface area contributed by atoms with E-state index in [0.717, 1.165) is 0 Å². The van der Waals surface area contributed by atoms with Crippen molar-refractivity contribution < 1.29 is 9.59 Å². The number of halogens is 3. The van der Waals surface area contributed by atoms with E-state index in [1.165, 1.54) is 22.7 Å². The van der Waals surface area contributed by atoms with Gasteiger partial charge in [-0.2, -0.15) is 0 Å². The molecule has 0 radical (unpaired) electrons. The summed E-state index contributed by atoms with van der Waals surface area (Å²) < 4.78 is 1.22. The zero-order chi connectivity index (χ0) is 16.4. The Bertz CT molecular complexity index is 581. The first kappa shape index (κ1) is 20.4. The maximum atomic E-state index is 10.9. The van der Waals surface area contributed by atoms with Gasteiger partial charge in [0.2, 0.25) is 0 Å². The number of nitrogens with one attached hydrogen (secondary N) is 1. The minimum Gasteiger partial charge on any atom is -0.354 e. The van der Waals surface area contributed by atoms with Crippen LogP contribution in [-0.4, -0.2) is 18.2 Å². The van der Waals surface area contributed by atoms with Gasteiger partial charge in [0, 0.05) is 7.05 Å². The van der Waals surface area contributed by atoms with Crippen molar-refractivity contribution in [1.82, 2.24) is 5.32 Å². The summed E-state index contributed by atoms with van der Waals surface area (Å²) in [4.78, 5) is 22.4. The number of hydrogen-bond donors (Lipinski definition) is 1. The van der Waals surface area contributed by atoms with Crippen LogP contribution in [0.5, 0.6) is 0 Å². The van der Waals surface area contributed by atoms with Crippen LogP contribution in [0.3, 0.4) is 0 Å². The first-order valence-corrected chi connectivity index (χ1v) is 8.63. The van der Waals surface area contributed by atoms with Gasteiger partial charge >= 0.3 is 0 Å². The molecule has 0 saturated carbocycles. The van der Waals surface area contributed by atoms with Crippen LogP contribution in [0.2, 0.25) is 8.67 Å². The van der Waals surface area contributed by atoms with Crippen LogP contribution in [0.4, 0.5) is 0 Å². The van der Waals surface area contributed by atoms with Gasteiger partial charge in [0.1, 0.15) is 0 Å². The highest BCUT2D eigenvalue weighted by molar-refractivity contribution is 7.19. The fourth-order valence-corrected chi connectivity index (χ4v) is 3.02. The lowest BCUT2D eigenvalue weighted by molar-refractivity contribution is 0.0966. The molecule has 0 aliphatic heterocycles. The molecule has 0 bridgehead atoms. The summed E-state index contributed by atoms with van der Waals surface area (Å²) in [5.41, 5.74) is 0. The molecule has 3 nitrogen and oxygen atoms in total. The Labute approximate surface area is 146 Å². The average molecular weight is 387 g/mol. The van der Waals surface area contributed by atoms with Crippen LogP contribution in [0.1, 0.15) is 33.2 Å². The molecule has 0 spiro atoms. The summed E-state index contributed by atoms with van der Waals surface area (Å²) >= 11 is 18.7. The van der Waals surface area contributed by atoms with Crippen molar-refractivity contribution in [3.63, 3.8) is 0 Å². The van der Waals surface area contributed by atoms with E-state index in [9.17, 15) is 9.59 Å². The molecule has 0 saturated heterocycles. The van der Waals surface area contributed by atoms with Crippen LogP contribution in [0.25, 0.3) is 0 Å². The van der Waals surface area contributed by atoms with Crippen LogP contribution in [-0.2, 0) is 0 Å². The second kappa shape index (κ2) is 11.0. The zero-order valence-electron chi connectivity index (χ0n) is 11.6. The third-order valence-corrected chi connectivity index (χ3v) is 4.57. The summed E-state index contributed by atoms with van der Waals surface area (Å²) in [6.07, 6.45) is 0. The van der Waals surface area contributed by atoms with Crippen LogP contribution < -0.4 is 5.32 Å². The average Bonchev–Trinajstić information content (AvgIpc) is 3.10. The lowest BCUT2D eigenvalue weighted by atomic mass is 10.4. The molecule has 2 heterocycles. The highest BCUT2D eigenvalue weighted by Gasteiger charge is 2.04. The summed E-state index contributed by atoms with van der Waals surface area (Å²) in [5, 5.41) is 2.06. The van der Waals surface area contributed by atoms with Gasteiger partial charge in [-0.15, -0.1) is 22.7 Å². The second-order valence-corrected chi connectivity index (χ2v) is 6.83. The number of carbonyl (C=O) groups is 2. The van der Waals surface area contributed by atoms with Crippen LogP contribution >= 0.6 is 57.5 Å². The largest absolute Gasteiger partial charge is 0.354 e. The normalized spacial score (nSPS) is 8.86. The Hall–Kier alpha value is -0.590. The molecule has 21 heavy (non-hydrogen) atoms. The Morgan fingerprint density at radius 1 is 0.952 bits per heavy atom. The lowest BCUT2D eigenvalue weighted by Crippen LogP contribution is -2.15. The van der Waals surface area contributed by atoms with Gasteiger partial charge in [0.25, 0.3) is 11.1 Å². The van der Waals surface area contributed by atoms with E-state index in [1.807, 2.05) is 13.8 Å². The lowest BCUT2D eigenvalue weighted by Gasteiger charge is -1.90. The number of thiophene rings is 2. The van der Waals surface area contributed by atoms with Gasteiger partial charge in [-0.05, 0) is 35.9 Å². The molecule has 2 aromatic heterocycles. The van der Waals surface area contributed by atoms with Crippen LogP contribution in [0.15, 0.2) is 24.3 Å². The molecule has 1 amide bonds. The molecule has 1 N–H and O–H groups in total. The van der Waals surface area contributed by atoms with Gasteiger partial charge in [0.15, 0.2) is 0 Å². The molecule has 2 rings (SSSR count). The molecule has 0 aliphatic rings. The van der Waals surface area contributed by atoms with E-state index in [4.69, 9.17) is 34.8 Å². The fourth-order valence-electron chi connectivity index (χ4n) is 0.979. The first-order valence-electron chi connectivity index (χ1n) is 5.86. The number of carbonyl (C=O) groups excluding carboxylic acids is 2. The zero-order valence-corrected chi connectivity index (χ0v) is 15.5. The molecule has 2 aromatic rings. The highest BCUT2D eigenvalue weighted by Crippen LogP contribution is 2.22. The monoisotopic (exact) mass is 385 g/mol. The molecule has 0 atom stereocenters. The Morgan fingerprint density at radius 2 is 1.38 bits per heavy atom. The number of rotatable bonds is 2. The smallest absolute Gasteiger partial charge is 0.262 e. The Balaban J connectivity index is 0.000000342. The van der Waals surface area contributed by atoms with Crippen LogP contribution in [0, 0.1) is 0 Å². The Kier molecular flexibility index (Phi) is 10.7. The van der Waals surface area contributed by atoms with Gasteiger partial charge in [-0.25, -0.2) is 0 Å². The van der Waals surface area contributed by atoms with Gasteiger partial charge in [-0.1, -0.05) is 37.0 Å². The summed E-state index contributed by atoms with van der Waals surface area (Å²) in [6, 6.07) is 6.65. The van der Waals surface area contributed by atoms with Gasteiger partial charge < -0.3 is 5.32 Å². The standard InChI is InChI=1S/C6H6ClNOS.C5H2Cl2OS.C2H6/c1-8-6(9)4-2-3-5(7)10-4;6-4-2-1-3(9-4)5(7)8;1-2/h2-3H,1H3,(H,8,9);1-2H;1-2H3. The molecular weight excluding hydrogens is 373 g/mol. The maximum absolute atomic E-state index is 10.9. The molecular formula is C13H14Cl3NO2S2. The molecule has 0 aliphatic carbocycles. The Morgan fingerprint density at radius 3 is 1.62 bits per heavy atom. The van der Waals surface area contributed by atoms with E-state index in [0.29, 0.717) is 18.4 Å². The van der Waals surface area contributed by atoms with Crippen molar-refractivity contribution in [3.05, 3.63) is 42.7 Å². The molecule has 0 aromatic carbocycles. The number of amides is 1. The van der Waals surface area contributed by atoms with Crippen molar-refractivity contribution >= 4 is 68.6 Å². The predicted molar refractivity (Wildman–Crippen MR) is 93.6 cm³/mol. The second-order valence-electron chi connectivity index (χ2n) is 3.06. The highest BCUT2D eigenvalue weighted by atomic mass is 35.5. The third-order valence-electron chi connectivity index (χ3n) is 1.79. The van der Waals surface area contributed by atoms with E-state index >= 15 is 0 Å². The van der Waals surface area contributed by atoms with Crippen molar-refractivity contribution in [1.29, 1.82) is 0 Å². The SMILES string of the molecule is CC.CNC(=O)c1ccc(Cl)s1.O=C(Cl)c1ccc(Cl)s1. The van der Waals surface area contributed by atoms with E-state index in [2.05, 4.69) is 5.32 Å². The van der Waals surface area contributed by atoms with Crippen molar-refractivity contribution in [2.45, 2.75) is 13.8 Å². The first-order chi connectivity index (χ1) is 9.93. The molecule has 0 unspecified atom stereocenters. The quantitative estimate of drug-likeness (QED) is 0.686. The summed E-state index contributed by atoms with van der Waals surface area (Å²) in [7, 11) is 1.59. The number of hydrogen-bond acceptors (Lipinski definition) is 4. The topological polar surface area (TPSA) is 46.2 Å². The minimum absolute atomic E-state index is 0.0862. The van der Waals surface area contributed by atoms with E-state index in [1.54, 1.807) is 31.3 Å². The molecule has 116 valence electrons. The van der Waals surface area contributed by atoms with Crippen molar-refractivity contribution in [3.8, 4) is 0 Å². The summed E-state index contributed by atoms with van der Waals surface area (Å²) in [6.45, 7) is 4.00. The molecule has 8 heteroatoms. The summed E-state index contributed by atoms with van der Waals surface area (Å²) in [5.74, 6) is -0.0862. The fraction of sp³-hybridized carbons (Fsp3) is 0.231. The maximum Gasteiger partial charge on any atom is 0.262 e. The van der Waals surface area contributed by atoms with E-state index < -0.39 is 5.24 Å². The molecule has 0 fully saturated rings.